The molecular weight excluding hydrogens is 374 g/mol. The number of halogens is 2. The van der Waals surface area contributed by atoms with E-state index in [0.717, 1.165) is 6.07 Å². The Morgan fingerprint density at radius 2 is 1.56 bits per heavy atom. The van der Waals surface area contributed by atoms with Crippen LogP contribution < -0.4 is 0 Å². The fraction of sp³-hybridized carbons (Fsp3) is 0.211. The summed E-state index contributed by atoms with van der Waals surface area (Å²) in [5, 5.41) is 0. The molecule has 1 heterocycles. The van der Waals surface area contributed by atoms with Crippen molar-refractivity contribution >= 4 is 22.0 Å². The third kappa shape index (κ3) is 4.40. The Morgan fingerprint density at radius 1 is 0.926 bits per heavy atom. The summed E-state index contributed by atoms with van der Waals surface area (Å²) >= 11 is 0. The highest BCUT2D eigenvalue weighted by Crippen LogP contribution is 2.20. The maximum atomic E-state index is 13.8. The first-order chi connectivity index (χ1) is 12.9. The summed E-state index contributed by atoms with van der Waals surface area (Å²) in [6.07, 6.45) is 2.94. The molecule has 1 saturated heterocycles. The van der Waals surface area contributed by atoms with Crippen molar-refractivity contribution in [3.63, 3.8) is 0 Å². The van der Waals surface area contributed by atoms with E-state index in [1.54, 1.807) is 18.2 Å². The molecule has 0 atom stereocenters. The predicted octanol–water partition coefficient (Wildman–Crippen LogP) is 2.51. The quantitative estimate of drug-likeness (QED) is 0.752. The number of piperazine rings is 1. The van der Waals surface area contributed by atoms with Gasteiger partial charge in [-0.2, -0.15) is 4.31 Å². The second-order valence-electron chi connectivity index (χ2n) is 6.04. The first-order valence-corrected chi connectivity index (χ1v) is 9.79. The van der Waals surface area contributed by atoms with Gasteiger partial charge in [0.1, 0.15) is 16.5 Å². The normalized spacial score (nSPS) is 16.0. The zero-order chi connectivity index (χ0) is 19.4. The van der Waals surface area contributed by atoms with Crippen LogP contribution in [0.3, 0.4) is 0 Å². The van der Waals surface area contributed by atoms with Gasteiger partial charge in [0.2, 0.25) is 15.9 Å². The highest BCUT2D eigenvalue weighted by molar-refractivity contribution is 7.89. The van der Waals surface area contributed by atoms with Gasteiger partial charge in [-0.15, -0.1) is 0 Å². The van der Waals surface area contributed by atoms with Crippen molar-refractivity contribution in [3.8, 4) is 0 Å². The number of hydrogen-bond acceptors (Lipinski definition) is 3. The van der Waals surface area contributed by atoms with E-state index in [-0.39, 0.29) is 42.8 Å². The Bertz CT molecular complexity index is 951. The first-order valence-electron chi connectivity index (χ1n) is 8.35. The number of nitrogens with zero attached hydrogens (tertiary/aromatic N) is 2. The van der Waals surface area contributed by atoms with E-state index >= 15 is 0 Å². The minimum absolute atomic E-state index is 0.0901. The molecule has 5 nitrogen and oxygen atoms in total. The van der Waals surface area contributed by atoms with Crippen LogP contribution in [-0.2, 0) is 14.8 Å². The monoisotopic (exact) mass is 392 g/mol. The molecule has 1 aliphatic rings. The summed E-state index contributed by atoms with van der Waals surface area (Å²) < 4.78 is 53.0. The molecule has 0 saturated carbocycles. The summed E-state index contributed by atoms with van der Waals surface area (Å²) in [5.74, 6) is -1.41. The largest absolute Gasteiger partial charge is 0.337 e. The van der Waals surface area contributed by atoms with Crippen molar-refractivity contribution in [2.75, 3.05) is 26.2 Å². The van der Waals surface area contributed by atoms with Crippen molar-refractivity contribution in [1.82, 2.24) is 9.21 Å². The van der Waals surface area contributed by atoms with Crippen LogP contribution in [0, 0.1) is 11.6 Å². The topological polar surface area (TPSA) is 57.7 Å². The van der Waals surface area contributed by atoms with Gasteiger partial charge < -0.3 is 4.90 Å². The number of hydrogen-bond donors (Lipinski definition) is 0. The van der Waals surface area contributed by atoms with Crippen molar-refractivity contribution < 1.29 is 22.0 Å². The molecule has 2 aromatic rings. The predicted molar refractivity (Wildman–Crippen MR) is 97.2 cm³/mol. The Balaban J connectivity index is 1.62. The number of sulfonamides is 1. The van der Waals surface area contributed by atoms with Gasteiger partial charge in [0, 0.05) is 32.3 Å². The minimum Gasteiger partial charge on any atom is -0.337 e. The third-order valence-corrected chi connectivity index (χ3v) is 6.23. The molecule has 1 amide bonds. The number of amides is 1. The van der Waals surface area contributed by atoms with Gasteiger partial charge in [0.25, 0.3) is 0 Å². The first kappa shape index (κ1) is 19.2. The fourth-order valence-corrected chi connectivity index (χ4v) is 4.28. The molecular formula is C19H18F2N2O3S. The lowest BCUT2D eigenvalue weighted by Crippen LogP contribution is -2.50. The summed E-state index contributed by atoms with van der Waals surface area (Å²) in [5.41, 5.74) is 0.686. The van der Waals surface area contributed by atoms with Crippen molar-refractivity contribution in [1.29, 1.82) is 0 Å². The number of carbonyl (C=O) groups is 1. The summed E-state index contributed by atoms with van der Waals surface area (Å²) in [6, 6.07) is 10.9. The second kappa shape index (κ2) is 7.98. The number of rotatable bonds is 4. The average molecular weight is 392 g/mol. The number of benzene rings is 2. The highest BCUT2D eigenvalue weighted by Gasteiger charge is 2.31. The van der Waals surface area contributed by atoms with E-state index < -0.39 is 15.8 Å². The molecule has 2 aromatic carbocycles. The molecule has 27 heavy (non-hydrogen) atoms. The van der Waals surface area contributed by atoms with E-state index in [2.05, 4.69) is 0 Å². The van der Waals surface area contributed by atoms with Crippen LogP contribution in [0.4, 0.5) is 8.78 Å². The molecule has 0 bridgehead atoms. The van der Waals surface area contributed by atoms with E-state index in [9.17, 15) is 22.0 Å². The summed E-state index contributed by atoms with van der Waals surface area (Å²) in [7, 11) is -3.93. The Kier molecular flexibility index (Phi) is 5.67. The minimum atomic E-state index is -3.93. The van der Waals surface area contributed by atoms with Crippen LogP contribution in [0.5, 0.6) is 0 Å². The SMILES string of the molecule is O=C(/C=C/c1ccc(F)cc1)N1CCN(S(=O)(=O)c2ccccc2F)CC1. The van der Waals surface area contributed by atoms with Crippen LogP contribution >= 0.6 is 0 Å². The zero-order valence-corrected chi connectivity index (χ0v) is 15.2. The molecule has 0 unspecified atom stereocenters. The lowest BCUT2D eigenvalue weighted by molar-refractivity contribution is -0.127. The van der Waals surface area contributed by atoms with Gasteiger partial charge in [-0.3, -0.25) is 4.79 Å². The lowest BCUT2D eigenvalue weighted by Gasteiger charge is -2.33. The molecule has 142 valence electrons. The van der Waals surface area contributed by atoms with Crippen LogP contribution in [0.1, 0.15) is 5.56 Å². The maximum Gasteiger partial charge on any atom is 0.246 e. The molecule has 0 N–H and O–H groups in total. The Labute approximate surface area is 156 Å². The standard InChI is InChI=1S/C19H18F2N2O3S/c20-16-8-5-15(6-9-16)7-10-19(24)22-11-13-23(14-12-22)27(25,26)18-4-2-1-3-17(18)21/h1-10H,11-14H2/b10-7+. The van der Waals surface area contributed by atoms with E-state index in [4.69, 9.17) is 0 Å². The third-order valence-electron chi connectivity index (χ3n) is 4.29. The van der Waals surface area contributed by atoms with Gasteiger partial charge in [0.15, 0.2) is 0 Å². The smallest absolute Gasteiger partial charge is 0.246 e. The van der Waals surface area contributed by atoms with Gasteiger partial charge in [-0.05, 0) is 35.9 Å². The molecule has 8 heteroatoms. The van der Waals surface area contributed by atoms with Gasteiger partial charge in [-0.1, -0.05) is 24.3 Å². The lowest BCUT2D eigenvalue weighted by atomic mass is 10.2. The van der Waals surface area contributed by atoms with Crippen LogP contribution in [-0.4, -0.2) is 49.7 Å². The second-order valence-corrected chi connectivity index (χ2v) is 7.95. The summed E-state index contributed by atoms with van der Waals surface area (Å²) in [6.45, 7) is 0.597. The van der Waals surface area contributed by atoms with E-state index in [0.29, 0.717) is 5.56 Å². The molecule has 0 spiro atoms. The molecule has 1 fully saturated rings. The average Bonchev–Trinajstić information content (AvgIpc) is 2.67. The highest BCUT2D eigenvalue weighted by atomic mass is 32.2. The van der Waals surface area contributed by atoms with E-state index in [1.165, 1.54) is 45.6 Å². The molecule has 0 aromatic heterocycles. The van der Waals surface area contributed by atoms with Crippen molar-refractivity contribution in [2.45, 2.75) is 4.90 Å². The zero-order valence-electron chi connectivity index (χ0n) is 14.4. The Morgan fingerprint density at radius 3 is 2.19 bits per heavy atom. The molecule has 0 radical (unpaired) electrons. The van der Waals surface area contributed by atoms with Crippen LogP contribution in [0.2, 0.25) is 0 Å². The van der Waals surface area contributed by atoms with Crippen LogP contribution in [0.15, 0.2) is 59.5 Å². The van der Waals surface area contributed by atoms with Crippen LogP contribution in [0.25, 0.3) is 6.08 Å². The fourth-order valence-electron chi connectivity index (χ4n) is 2.79. The summed E-state index contributed by atoms with van der Waals surface area (Å²) in [4.78, 5) is 13.4. The molecule has 0 aliphatic carbocycles. The van der Waals surface area contributed by atoms with Crippen molar-refractivity contribution in [3.05, 3.63) is 71.8 Å². The number of carbonyl (C=O) groups excluding carboxylic acids is 1. The van der Waals surface area contributed by atoms with Crippen molar-refractivity contribution in [2.24, 2.45) is 0 Å². The van der Waals surface area contributed by atoms with E-state index in [1.807, 2.05) is 0 Å². The Hall–Kier alpha value is -2.58. The van der Waals surface area contributed by atoms with Gasteiger partial charge >= 0.3 is 0 Å². The molecule has 1 aliphatic heterocycles. The maximum absolute atomic E-state index is 13.8. The molecule has 3 rings (SSSR count). The van der Waals surface area contributed by atoms with Gasteiger partial charge in [0.05, 0.1) is 0 Å². The van der Waals surface area contributed by atoms with Gasteiger partial charge in [-0.25, -0.2) is 17.2 Å².